The van der Waals surface area contributed by atoms with Crippen molar-refractivity contribution in [2.75, 3.05) is 5.32 Å². The van der Waals surface area contributed by atoms with Gasteiger partial charge in [-0.1, -0.05) is 46.3 Å². The second-order valence-corrected chi connectivity index (χ2v) is 6.71. The van der Waals surface area contributed by atoms with Gasteiger partial charge in [-0.15, -0.1) is 0 Å². The molecule has 1 heterocycles. The maximum atomic E-state index is 12.5. The zero-order valence-corrected chi connectivity index (χ0v) is 16.0. The van der Waals surface area contributed by atoms with Crippen LogP contribution in [0, 0.1) is 5.21 Å². The summed E-state index contributed by atoms with van der Waals surface area (Å²) in [5, 5.41) is 23.8. The third-order valence-corrected chi connectivity index (χ3v) is 4.33. The first-order valence-electron chi connectivity index (χ1n) is 8.18. The minimum absolute atomic E-state index is 0.0799. The number of hydrogen-bond acceptors (Lipinski definition) is 4. The SMILES string of the molecule is O=C(O)c1cc(Br)ccc1NC(=O)c1cc(OCc2ccccc2)cc[n+]1[O-]. The minimum Gasteiger partial charge on any atom is -0.618 e. The molecular formula is C20H15BrN2O5. The van der Waals surface area contributed by atoms with Gasteiger partial charge in [0.1, 0.15) is 12.4 Å². The first-order valence-corrected chi connectivity index (χ1v) is 8.97. The van der Waals surface area contributed by atoms with Gasteiger partial charge in [-0.05, 0) is 23.8 Å². The average Bonchev–Trinajstić information content (AvgIpc) is 2.69. The van der Waals surface area contributed by atoms with E-state index in [9.17, 15) is 19.9 Å². The fourth-order valence-corrected chi connectivity index (χ4v) is 2.81. The molecule has 0 saturated heterocycles. The second-order valence-electron chi connectivity index (χ2n) is 5.80. The van der Waals surface area contributed by atoms with Crippen LogP contribution in [0.15, 0.2) is 71.3 Å². The molecule has 142 valence electrons. The summed E-state index contributed by atoms with van der Waals surface area (Å²) in [6, 6.07) is 16.6. The predicted molar refractivity (Wildman–Crippen MR) is 105 cm³/mol. The molecule has 0 saturated carbocycles. The smallest absolute Gasteiger partial charge is 0.337 e. The van der Waals surface area contributed by atoms with Gasteiger partial charge >= 0.3 is 11.9 Å². The number of carbonyl (C=O) groups excluding carboxylic acids is 1. The van der Waals surface area contributed by atoms with Crippen molar-refractivity contribution in [3.8, 4) is 5.75 Å². The zero-order chi connectivity index (χ0) is 20.1. The number of carbonyl (C=O) groups is 2. The lowest BCUT2D eigenvalue weighted by Crippen LogP contribution is -2.36. The molecule has 0 radical (unpaired) electrons. The average molecular weight is 443 g/mol. The van der Waals surface area contributed by atoms with Gasteiger partial charge in [-0.2, -0.15) is 4.73 Å². The third-order valence-electron chi connectivity index (χ3n) is 3.83. The van der Waals surface area contributed by atoms with Crippen molar-refractivity contribution in [2.45, 2.75) is 6.61 Å². The molecule has 1 aromatic heterocycles. The summed E-state index contributed by atoms with van der Waals surface area (Å²) in [4.78, 5) is 23.9. The number of nitrogens with one attached hydrogen (secondary N) is 1. The van der Waals surface area contributed by atoms with Gasteiger partial charge < -0.3 is 20.4 Å². The fourth-order valence-electron chi connectivity index (χ4n) is 2.45. The Kier molecular flexibility index (Phi) is 5.90. The van der Waals surface area contributed by atoms with E-state index in [4.69, 9.17) is 4.74 Å². The Morgan fingerprint density at radius 1 is 1.11 bits per heavy atom. The summed E-state index contributed by atoms with van der Waals surface area (Å²) < 4.78 is 6.58. The number of aromatic carboxylic acids is 1. The number of pyridine rings is 1. The standard InChI is InChI=1S/C20H15BrN2O5/c21-14-6-7-17(16(10-14)20(25)26)22-19(24)18-11-15(8-9-23(18)27)28-12-13-4-2-1-3-5-13/h1-11H,12H2,(H,22,24)(H,25,26). The lowest BCUT2D eigenvalue weighted by atomic mass is 10.1. The molecule has 7 nitrogen and oxygen atoms in total. The molecule has 0 aliphatic rings. The van der Waals surface area contributed by atoms with Crippen LogP contribution in [0.3, 0.4) is 0 Å². The van der Waals surface area contributed by atoms with E-state index in [0.717, 1.165) is 11.8 Å². The summed E-state index contributed by atoms with van der Waals surface area (Å²) in [7, 11) is 0. The van der Waals surface area contributed by atoms with Crippen LogP contribution in [0.25, 0.3) is 0 Å². The van der Waals surface area contributed by atoms with Gasteiger partial charge in [0.05, 0.1) is 17.3 Å². The molecule has 2 N–H and O–H groups in total. The molecule has 0 spiro atoms. The third kappa shape index (κ3) is 4.66. The summed E-state index contributed by atoms with van der Waals surface area (Å²) >= 11 is 3.19. The number of ether oxygens (including phenoxy) is 1. The van der Waals surface area contributed by atoms with Gasteiger partial charge in [-0.3, -0.25) is 4.79 Å². The number of halogens is 1. The van der Waals surface area contributed by atoms with E-state index in [2.05, 4.69) is 21.2 Å². The van der Waals surface area contributed by atoms with E-state index in [0.29, 0.717) is 15.0 Å². The number of aromatic nitrogens is 1. The number of hydrogen-bond donors (Lipinski definition) is 2. The number of benzene rings is 2. The van der Waals surface area contributed by atoms with Gasteiger partial charge in [0, 0.05) is 10.5 Å². The van der Waals surface area contributed by atoms with E-state index >= 15 is 0 Å². The second kappa shape index (κ2) is 8.53. The van der Waals surface area contributed by atoms with Crippen molar-refractivity contribution in [3.05, 3.63) is 93.4 Å². The van der Waals surface area contributed by atoms with Crippen LogP contribution in [0.2, 0.25) is 0 Å². The van der Waals surface area contributed by atoms with Gasteiger partial charge in [0.15, 0.2) is 6.20 Å². The molecule has 8 heteroatoms. The summed E-state index contributed by atoms with van der Waals surface area (Å²) in [5.41, 5.74) is 0.700. The Hall–Kier alpha value is -3.39. The zero-order valence-electron chi connectivity index (χ0n) is 14.5. The van der Waals surface area contributed by atoms with Crippen LogP contribution in [0.4, 0.5) is 5.69 Å². The molecule has 0 fully saturated rings. The van der Waals surface area contributed by atoms with E-state index in [-0.39, 0.29) is 23.6 Å². The molecule has 3 rings (SSSR count). The molecular weight excluding hydrogens is 428 g/mol. The van der Waals surface area contributed by atoms with Crippen LogP contribution < -0.4 is 14.8 Å². The molecule has 0 aliphatic heterocycles. The normalized spacial score (nSPS) is 10.3. The Balaban J connectivity index is 1.79. The van der Waals surface area contributed by atoms with Crippen molar-refractivity contribution in [2.24, 2.45) is 0 Å². The molecule has 3 aromatic rings. The highest BCUT2D eigenvalue weighted by molar-refractivity contribution is 9.10. The van der Waals surface area contributed by atoms with E-state index in [1.54, 1.807) is 6.07 Å². The van der Waals surface area contributed by atoms with Gasteiger partial charge in [0.2, 0.25) is 0 Å². The first-order chi connectivity index (χ1) is 13.4. The number of anilines is 1. The highest BCUT2D eigenvalue weighted by atomic mass is 79.9. The van der Waals surface area contributed by atoms with E-state index in [1.807, 2.05) is 30.3 Å². The number of carboxylic acid groups (broad SMARTS) is 1. The highest BCUT2D eigenvalue weighted by Gasteiger charge is 2.20. The molecule has 1 amide bonds. The molecule has 2 aromatic carbocycles. The maximum Gasteiger partial charge on any atom is 0.337 e. The Labute approximate surface area is 168 Å². The quantitative estimate of drug-likeness (QED) is 0.448. The number of amides is 1. The van der Waals surface area contributed by atoms with Crippen molar-refractivity contribution >= 4 is 33.5 Å². The van der Waals surface area contributed by atoms with Gasteiger partial charge in [0.25, 0.3) is 5.69 Å². The van der Waals surface area contributed by atoms with E-state index in [1.165, 1.54) is 24.3 Å². The maximum absolute atomic E-state index is 12.5. The Morgan fingerprint density at radius 2 is 1.86 bits per heavy atom. The number of nitrogens with zero attached hydrogens (tertiary/aromatic N) is 1. The predicted octanol–water partition coefficient (Wildman–Crippen LogP) is 3.61. The van der Waals surface area contributed by atoms with Gasteiger partial charge in [-0.25, -0.2) is 4.79 Å². The van der Waals surface area contributed by atoms with Crippen LogP contribution >= 0.6 is 15.9 Å². The minimum atomic E-state index is -1.20. The topological polar surface area (TPSA) is 103 Å². The molecule has 0 aliphatic carbocycles. The van der Waals surface area contributed by atoms with Crippen LogP contribution in [0.1, 0.15) is 26.4 Å². The lowest BCUT2D eigenvalue weighted by Gasteiger charge is -2.11. The van der Waals surface area contributed by atoms with Crippen molar-refractivity contribution in [1.82, 2.24) is 0 Å². The Bertz CT molecular complexity index is 1020. The fraction of sp³-hybridized carbons (Fsp3) is 0.0500. The molecule has 28 heavy (non-hydrogen) atoms. The molecule has 0 bridgehead atoms. The van der Waals surface area contributed by atoms with Crippen LogP contribution in [-0.4, -0.2) is 17.0 Å². The van der Waals surface area contributed by atoms with Crippen molar-refractivity contribution < 1.29 is 24.2 Å². The first kappa shape index (κ1) is 19.4. The van der Waals surface area contributed by atoms with Crippen LogP contribution in [0.5, 0.6) is 5.75 Å². The van der Waals surface area contributed by atoms with Crippen molar-refractivity contribution in [1.29, 1.82) is 0 Å². The molecule has 0 unspecified atom stereocenters. The monoisotopic (exact) mass is 442 g/mol. The summed E-state index contributed by atoms with van der Waals surface area (Å²) in [6.45, 7) is 0.278. The summed E-state index contributed by atoms with van der Waals surface area (Å²) in [5.74, 6) is -1.60. The lowest BCUT2D eigenvalue weighted by molar-refractivity contribution is -0.607. The number of rotatable bonds is 6. The van der Waals surface area contributed by atoms with Crippen molar-refractivity contribution in [3.63, 3.8) is 0 Å². The van der Waals surface area contributed by atoms with E-state index < -0.39 is 11.9 Å². The largest absolute Gasteiger partial charge is 0.618 e. The summed E-state index contributed by atoms with van der Waals surface area (Å²) in [6.07, 6.45) is 1.16. The Morgan fingerprint density at radius 3 is 2.57 bits per heavy atom. The molecule has 0 atom stereocenters. The highest BCUT2D eigenvalue weighted by Crippen LogP contribution is 2.22. The number of carboxylic acids is 1. The van der Waals surface area contributed by atoms with Crippen LogP contribution in [-0.2, 0) is 6.61 Å².